The summed E-state index contributed by atoms with van der Waals surface area (Å²) >= 11 is 13.0. The van der Waals surface area contributed by atoms with Crippen molar-refractivity contribution in [3.8, 4) is 22.8 Å². The normalized spacial score (nSPS) is 9.35. The fraction of sp³-hybridized carbons (Fsp3) is 0.393. The monoisotopic (exact) mass is 550 g/mol. The minimum atomic E-state index is 0.328. The zero-order valence-electron chi connectivity index (χ0n) is 23.2. The van der Waals surface area contributed by atoms with Gasteiger partial charge in [-0.25, -0.2) is 4.98 Å². The van der Waals surface area contributed by atoms with Gasteiger partial charge in [0.25, 0.3) is 0 Å². The molecule has 7 nitrogen and oxygen atoms in total. The highest BCUT2D eigenvalue weighted by Gasteiger charge is 2.21. The number of carbonyl (C=O) groups excluding carboxylic acids is 1. The molecule has 0 radical (unpaired) electrons. The highest BCUT2D eigenvalue weighted by atomic mass is 35.5. The minimum absolute atomic E-state index is 0.328. The Balaban J connectivity index is 0.00000126. The molecule has 0 aliphatic carbocycles. The quantitative estimate of drug-likeness (QED) is 0.218. The van der Waals surface area contributed by atoms with Gasteiger partial charge in [0.15, 0.2) is 0 Å². The Morgan fingerprint density at radius 2 is 1.57 bits per heavy atom. The van der Waals surface area contributed by atoms with Crippen molar-refractivity contribution in [2.75, 3.05) is 26.6 Å². The van der Waals surface area contributed by atoms with Crippen molar-refractivity contribution in [2.24, 2.45) is 0 Å². The SMILES string of the molecule is C=CC.CC.CCCC.CNc1nc(-c2c(Cl)c(OC)cc(OC)c2Cl)cc2cnc(CNC=O)cc12. The third-order valence-corrected chi connectivity index (χ3v) is 5.45. The average Bonchev–Trinajstić information content (AvgIpc) is 2.93. The van der Waals surface area contributed by atoms with Gasteiger partial charge in [-0.05, 0) is 19.1 Å². The molecule has 0 bridgehead atoms. The van der Waals surface area contributed by atoms with E-state index < -0.39 is 0 Å². The van der Waals surface area contributed by atoms with Crippen molar-refractivity contribution in [2.45, 2.75) is 54.0 Å². The fourth-order valence-corrected chi connectivity index (χ4v) is 3.56. The Labute approximate surface area is 231 Å². The van der Waals surface area contributed by atoms with E-state index in [9.17, 15) is 4.79 Å². The Morgan fingerprint density at radius 3 is 2.00 bits per heavy atom. The molecule has 0 saturated carbocycles. The number of hydrogen-bond acceptors (Lipinski definition) is 6. The van der Waals surface area contributed by atoms with Crippen LogP contribution in [0, 0.1) is 0 Å². The predicted octanol–water partition coefficient (Wildman–Crippen LogP) is 7.93. The van der Waals surface area contributed by atoms with Crippen LogP contribution in [0.4, 0.5) is 5.82 Å². The third kappa shape index (κ3) is 9.74. The smallest absolute Gasteiger partial charge is 0.207 e. The van der Waals surface area contributed by atoms with E-state index >= 15 is 0 Å². The number of carbonyl (C=O) groups is 1. The van der Waals surface area contributed by atoms with E-state index in [2.05, 4.69) is 41.0 Å². The van der Waals surface area contributed by atoms with Crippen molar-refractivity contribution >= 4 is 46.2 Å². The van der Waals surface area contributed by atoms with Crippen LogP contribution in [0.1, 0.15) is 53.2 Å². The van der Waals surface area contributed by atoms with Crippen LogP contribution in [0.3, 0.4) is 0 Å². The second-order valence-electron chi connectivity index (χ2n) is 7.19. The van der Waals surface area contributed by atoms with E-state index in [1.165, 1.54) is 27.1 Å². The second kappa shape index (κ2) is 19.1. The number of aromatic nitrogens is 2. The largest absolute Gasteiger partial charge is 0.495 e. The predicted molar refractivity (Wildman–Crippen MR) is 158 cm³/mol. The zero-order chi connectivity index (χ0) is 28.4. The molecule has 0 atom stereocenters. The summed E-state index contributed by atoms with van der Waals surface area (Å²) in [5.74, 6) is 1.48. The summed E-state index contributed by atoms with van der Waals surface area (Å²) in [6, 6.07) is 5.33. The summed E-state index contributed by atoms with van der Waals surface area (Å²) in [5, 5.41) is 8.03. The lowest BCUT2D eigenvalue weighted by atomic mass is 10.1. The molecule has 9 heteroatoms. The van der Waals surface area contributed by atoms with E-state index in [0.717, 1.165) is 10.8 Å². The number of nitrogens with one attached hydrogen (secondary N) is 2. The van der Waals surface area contributed by atoms with Gasteiger partial charge in [-0.15, -0.1) is 6.58 Å². The van der Waals surface area contributed by atoms with Crippen LogP contribution in [0.15, 0.2) is 37.1 Å². The highest BCUT2D eigenvalue weighted by Crippen LogP contribution is 2.46. The highest BCUT2D eigenvalue weighted by molar-refractivity contribution is 6.41. The van der Waals surface area contributed by atoms with Gasteiger partial charge in [0.05, 0.1) is 42.2 Å². The van der Waals surface area contributed by atoms with Crippen molar-refractivity contribution in [3.05, 3.63) is 52.8 Å². The molecule has 3 aromatic rings. The van der Waals surface area contributed by atoms with E-state index in [4.69, 9.17) is 32.7 Å². The number of benzene rings is 1. The Morgan fingerprint density at radius 1 is 1.03 bits per heavy atom. The topological polar surface area (TPSA) is 85.4 Å². The first-order valence-corrected chi connectivity index (χ1v) is 12.9. The number of rotatable bonds is 8. The maximum Gasteiger partial charge on any atom is 0.207 e. The number of methoxy groups -OCH3 is 2. The Hall–Kier alpha value is -3.03. The van der Waals surface area contributed by atoms with Crippen molar-refractivity contribution in [3.63, 3.8) is 0 Å². The van der Waals surface area contributed by atoms with Crippen LogP contribution in [-0.2, 0) is 11.3 Å². The molecular weight excluding hydrogens is 511 g/mol. The first-order valence-electron chi connectivity index (χ1n) is 12.2. The Bertz CT molecular complexity index is 1090. The molecule has 204 valence electrons. The van der Waals surface area contributed by atoms with Gasteiger partial charge in [0, 0.05) is 35.6 Å². The summed E-state index contributed by atoms with van der Waals surface area (Å²) in [4.78, 5) is 19.6. The second-order valence-corrected chi connectivity index (χ2v) is 7.95. The van der Waals surface area contributed by atoms with Crippen LogP contribution in [0.25, 0.3) is 22.0 Å². The van der Waals surface area contributed by atoms with Gasteiger partial charge < -0.3 is 20.1 Å². The van der Waals surface area contributed by atoms with Crippen LogP contribution in [-0.4, -0.2) is 37.6 Å². The number of anilines is 1. The molecule has 1 aromatic carbocycles. The molecule has 1 amide bonds. The molecule has 37 heavy (non-hydrogen) atoms. The van der Waals surface area contributed by atoms with Crippen LogP contribution >= 0.6 is 23.2 Å². The van der Waals surface area contributed by atoms with Gasteiger partial charge in [-0.1, -0.05) is 69.8 Å². The molecule has 2 N–H and O–H groups in total. The summed E-state index contributed by atoms with van der Waals surface area (Å²) in [6.45, 7) is 13.9. The lowest BCUT2D eigenvalue weighted by molar-refractivity contribution is -0.109. The molecule has 0 saturated heterocycles. The zero-order valence-corrected chi connectivity index (χ0v) is 24.7. The van der Waals surface area contributed by atoms with E-state index in [0.29, 0.717) is 57.3 Å². The molecular formula is C28H40Cl2N4O3. The number of allylic oxidation sites excluding steroid dienone is 1. The minimum Gasteiger partial charge on any atom is -0.495 e. The van der Waals surface area contributed by atoms with Gasteiger partial charge in [0.1, 0.15) is 17.3 Å². The molecule has 0 aliphatic heterocycles. The van der Waals surface area contributed by atoms with Crippen molar-refractivity contribution < 1.29 is 14.3 Å². The summed E-state index contributed by atoms with van der Waals surface area (Å²) in [5.41, 5.74) is 1.76. The lowest BCUT2D eigenvalue weighted by Gasteiger charge is -2.16. The molecule has 0 spiro atoms. The summed E-state index contributed by atoms with van der Waals surface area (Å²) in [7, 11) is 4.80. The van der Waals surface area contributed by atoms with Gasteiger partial charge >= 0.3 is 0 Å². The lowest BCUT2D eigenvalue weighted by Crippen LogP contribution is -2.11. The summed E-state index contributed by atoms with van der Waals surface area (Å²) < 4.78 is 10.7. The maximum absolute atomic E-state index is 10.5. The summed E-state index contributed by atoms with van der Waals surface area (Å²) in [6.07, 6.45) is 6.73. The number of pyridine rings is 2. The molecule has 0 fully saturated rings. The number of nitrogens with zero attached hydrogens (tertiary/aromatic N) is 2. The molecule has 2 heterocycles. The molecule has 0 unspecified atom stereocenters. The molecule has 3 rings (SSSR count). The van der Waals surface area contributed by atoms with E-state index in [1.807, 2.05) is 32.9 Å². The van der Waals surface area contributed by atoms with Gasteiger partial charge in [-0.2, -0.15) is 0 Å². The number of hydrogen-bond donors (Lipinski definition) is 2. The number of amides is 1. The van der Waals surface area contributed by atoms with Crippen molar-refractivity contribution in [1.82, 2.24) is 15.3 Å². The molecule has 0 aliphatic rings. The van der Waals surface area contributed by atoms with E-state index in [1.54, 1.807) is 25.4 Å². The standard InChI is InChI=1S/C19H18Cl2N4O3.C4H10.C3H6.C2H6/c1-22-19-12-5-11(8-23-9-26)24-7-10(12)4-13(25-19)16-17(20)14(27-2)6-15(28-3)18(16)21;1-3-4-2;1-3-2;1-2/h4-7,9H,8H2,1-3H3,(H,22,25)(H,23,26);3-4H2,1-2H3;3H,1H2,2H3;1-2H3. The van der Waals surface area contributed by atoms with Crippen molar-refractivity contribution in [1.29, 1.82) is 0 Å². The van der Waals surface area contributed by atoms with Crippen LogP contribution in [0.5, 0.6) is 11.5 Å². The fourth-order valence-electron chi connectivity index (χ4n) is 2.86. The number of halogens is 2. The first kappa shape index (κ1) is 34.0. The number of unbranched alkanes of at least 4 members (excludes halogenated alkanes) is 1. The van der Waals surface area contributed by atoms with E-state index in [-0.39, 0.29) is 0 Å². The third-order valence-electron chi connectivity index (χ3n) is 4.70. The average molecular weight is 552 g/mol. The number of fused-ring (bicyclic) bond motifs is 1. The van der Waals surface area contributed by atoms with Gasteiger partial charge in [-0.3, -0.25) is 9.78 Å². The number of ether oxygens (including phenoxy) is 2. The molecule has 2 aromatic heterocycles. The van der Waals surface area contributed by atoms with Crippen LogP contribution in [0.2, 0.25) is 10.0 Å². The maximum atomic E-state index is 10.5. The van der Waals surface area contributed by atoms with Crippen LogP contribution < -0.4 is 20.1 Å². The van der Waals surface area contributed by atoms with Gasteiger partial charge in [0.2, 0.25) is 6.41 Å². The Kier molecular flexibility index (Phi) is 17.6. The first-order chi connectivity index (χ1) is 17.9.